The largest absolute Gasteiger partial charge is 0.494 e. The first-order chi connectivity index (χ1) is 7.79. The number of rotatable bonds is 3. The van der Waals surface area contributed by atoms with Crippen molar-refractivity contribution in [2.45, 2.75) is 25.9 Å². The fourth-order valence-corrected chi connectivity index (χ4v) is 2.04. The molecule has 1 aliphatic heterocycles. The minimum Gasteiger partial charge on any atom is -0.494 e. The average molecular weight is 221 g/mol. The third kappa shape index (κ3) is 2.67. The van der Waals surface area contributed by atoms with Crippen molar-refractivity contribution in [1.29, 1.82) is 0 Å². The molecule has 0 aromatic heterocycles. The van der Waals surface area contributed by atoms with Gasteiger partial charge in [-0.1, -0.05) is 0 Å². The summed E-state index contributed by atoms with van der Waals surface area (Å²) in [5.74, 6) is 0.920. The minimum absolute atomic E-state index is 0.112. The summed E-state index contributed by atoms with van der Waals surface area (Å²) in [4.78, 5) is 2.31. The summed E-state index contributed by atoms with van der Waals surface area (Å²) in [5, 5.41) is 9.44. The zero-order valence-electron chi connectivity index (χ0n) is 9.72. The smallest absolute Gasteiger partial charge is 0.119 e. The first-order valence-electron chi connectivity index (χ1n) is 5.95. The second-order valence-corrected chi connectivity index (χ2v) is 4.15. The molecule has 16 heavy (non-hydrogen) atoms. The molecule has 2 rings (SSSR count). The topological polar surface area (TPSA) is 32.7 Å². The Bertz CT molecular complexity index is 315. The van der Waals surface area contributed by atoms with Gasteiger partial charge in [0.1, 0.15) is 5.75 Å². The van der Waals surface area contributed by atoms with E-state index in [-0.39, 0.29) is 6.10 Å². The first-order valence-corrected chi connectivity index (χ1v) is 5.95. The molecule has 1 aliphatic rings. The van der Waals surface area contributed by atoms with Crippen LogP contribution in [0.1, 0.15) is 19.8 Å². The molecule has 1 heterocycles. The van der Waals surface area contributed by atoms with Crippen LogP contribution < -0.4 is 9.64 Å². The fourth-order valence-electron chi connectivity index (χ4n) is 2.04. The maximum absolute atomic E-state index is 9.44. The van der Waals surface area contributed by atoms with Gasteiger partial charge in [-0.25, -0.2) is 0 Å². The van der Waals surface area contributed by atoms with Crippen LogP contribution in [0.2, 0.25) is 0 Å². The van der Waals surface area contributed by atoms with Gasteiger partial charge < -0.3 is 14.7 Å². The average Bonchev–Trinajstić information content (AvgIpc) is 2.32. The van der Waals surface area contributed by atoms with E-state index in [9.17, 15) is 5.11 Å². The fraction of sp³-hybridized carbons (Fsp3) is 0.538. The number of piperidine rings is 1. The highest BCUT2D eigenvalue weighted by Gasteiger charge is 2.16. The number of benzene rings is 1. The van der Waals surface area contributed by atoms with Crippen LogP contribution in [0, 0.1) is 0 Å². The molecule has 88 valence electrons. The molecule has 0 saturated carbocycles. The molecule has 0 atom stereocenters. The molecule has 1 fully saturated rings. The van der Waals surface area contributed by atoms with Crippen molar-refractivity contribution in [2.75, 3.05) is 24.6 Å². The van der Waals surface area contributed by atoms with Crippen molar-refractivity contribution in [3.63, 3.8) is 0 Å². The van der Waals surface area contributed by atoms with Gasteiger partial charge in [0.25, 0.3) is 0 Å². The minimum atomic E-state index is -0.112. The number of anilines is 1. The Labute approximate surface area is 96.6 Å². The molecule has 0 bridgehead atoms. The molecule has 0 aliphatic carbocycles. The predicted molar refractivity (Wildman–Crippen MR) is 65.1 cm³/mol. The highest BCUT2D eigenvalue weighted by Crippen LogP contribution is 2.22. The zero-order chi connectivity index (χ0) is 11.4. The monoisotopic (exact) mass is 221 g/mol. The molecule has 3 nitrogen and oxygen atoms in total. The van der Waals surface area contributed by atoms with E-state index in [0.29, 0.717) is 6.61 Å². The van der Waals surface area contributed by atoms with Gasteiger partial charge >= 0.3 is 0 Å². The first kappa shape index (κ1) is 11.3. The van der Waals surface area contributed by atoms with Crippen LogP contribution in [0.25, 0.3) is 0 Å². The summed E-state index contributed by atoms with van der Waals surface area (Å²) in [5.41, 5.74) is 1.22. The number of hydrogen-bond acceptors (Lipinski definition) is 3. The lowest BCUT2D eigenvalue weighted by Gasteiger charge is -2.31. The molecule has 1 N–H and O–H groups in total. The standard InChI is InChI=1S/C13H19NO2/c1-2-16-13-5-3-11(4-6-13)14-9-7-12(15)8-10-14/h3-6,12,15H,2,7-10H2,1H3. The highest BCUT2D eigenvalue weighted by molar-refractivity contribution is 5.49. The Balaban J connectivity index is 1.98. The quantitative estimate of drug-likeness (QED) is 0.848. The number of aliphatic hydroxyl groups excluding tert-OH is 1. The molecule has 1 aromatic carbocycles. The van der Waals surface area contributed by atoms with Crippen molar-refractivity contribution in [2.24, 2.45) is 0 Å². The van der Waals surface area contributed by atoms with Crippen molar-refractivity contribution in [1.82, 2.24) is 0 Å². The van der Waals surface area contributed by atoms with Gasteiger partial charge in [-0.3, -0.25) is 0 Å². The van der Waals surface area contributed by atoms with Crippen LogP contribution in [0.15, 0.2) is 24.3 Å². The summed E-state index contributed by atoms with van der Waals surface area (Å²) in [6.07, 6.45) is 1.62. The molecule has 0 amide bonds. The second kappa shape index (κ2) is 5.21. The molecule has 1 saturated heterocycles. The second-order valence-electron chi connectivity index (χ2n) is 4.15. The van der Waals surface area contributed by atoms with E-state index < -0.39 is 0 Å². The van der Waals surface area contributed by atoms with Crippen LogP contribution in [0.4, 0.5) is 5.69 Å². The van der Waals surface area contributed by atoms with E-state index >= 15 is 0 Å². The Morgan fingerprint density at radius 3 is 2.44 bits per heavy atom. The van der Waals surface area contributed by atoms with Crippen LogP contribution in [0.3, 0.4) is 0 Å². The Hall–Kier alpha value is -1.22. The summed E-state index contributed by atoms with van der Waals surface area (Å²) >= 11 is 0. The van der Waals surface area contributed by atoms with Crippen LogP contribution in [0.5, 0.6) is 5.75 Å². The Morgan fingerprint density at radius 2 is 1.88 bits per heavy atom. The molecule has 1 aromatic rings. The van der Waals surface area contributed by atoms with Gasteiger partial charge in [-0.2, -0.15) is 0 Å². The van der Waals surface area contributed by atoms with Crippen LogP contribution in [-0.2, 0) is 0 Å². The number of hydrogen-bond donors (Lipinski definition) is 1. The summed E-state index contributed by atoms with van der Waals surface area (Å²) in [7, 11) is 0. The Kier molecular flexibility index (Phi) is 3.67. The lowest BCUT2D eigenvalue weighted by Crippen LogP contribution is -2.35. The molecular formula is C13H19NO2. The van der Waals surface area contributed by atoms with Crippen molar-refractivity contribution >= 4 is 5.69 Å². The van der Waals surface area contributed by atoms with E-state index in [1.165, 1.54) is 5.69 Å². The third-order valence-corrected chi connectivity index (χ3v) is 2.98. The summed E-state index contributed by atoms with van der Waals surface area (Å²) < 4.78 is 5.41. The van der Waals surface area contributed by atoms with Crippen LogP contribution in [-0.4, -0.2) is 30.9 Å². The van der Waals surface area contributed by atoms with Gasteiger partial charge in [0, 0.05) is 18.8 Å². The van der Waals surface area contributed by atoms with E-state index in [4.69, 9.17) is 4.74 Å². The highest BCUT2D eigenvalue weighted by atomic mass is 16.5. The van der Waals surface area contributed by atoms with Gasteiger partial charge in [0.05, 0.1) is 12.7 Å². The number of aliphatic hydroxyl groups is 1. The SMILES string of the molecule is CCOc1ccc(N2CCC(O)CC2)cc1. The van der Waals surface area contributed by atoms with Crippen molar-refractivity contribution < 1.29 is 9.84 Å². The summed E-state index contributed by atoms with van der Waals surface area (Å²) in [6, 6.07) is 8.18. The van der Waals surface area contributed by atoms with Gasteiger partial charge in [-0.05, 0) is 44.0 Å². The maximum Gasteiger partial charge on any atom is 0.119 e. The molecule has 0 unspecified atom stereocenters. The lowest BCUT2D eigenvalue weighted by molar-refractivity contribution is 0.145. The van der Waals surface area contributed by atoms with Gasteiger partial charge in [-0.15, -0.1) is 0 Å². The molecular weight excluding hydrogens is 202 g/mol. The predicted octanol–water partition coefficient (Wildman–Crippen LogP) is 2.05. The number of ether oxygens (including phenoxy) is 1. The zero-order valence-corrected chi connectivity index (χ0v) is 9.72. The van der Waals surface area contributed by atoms with Crippen molar-refractivity contribution in [3.8, 4) is 5.75 Å². The van der Waals surface area contributed by atoms with Crippen LogP contribution >= 0.6 is 0 Å². The van der Waals surface area contributed by atoms with E-state index in [2.05, 4.69) is 17.0 Å². The number of nitrogens with zero attached hydrogens (tertiary/aromatic N) is 1. The van der Waals surface area contributed by atoms with Gasteiger partial charge in [0.15, 0.2) is 0 Å². The third-order valence-electron chi connectivity index (χ3n) is 2.98. The normalized spacial score (nSPS) is 17.5. The summed E-state index contributed by atoms with van der Waals surface area (Å²) in [6.45, 7) is 4.57. The maximum atomic E-state index is 9.44. The molecule has 0 spiro atoms. The Morgan fingerprint density at radius 1 is 1.25 bits per heavy atom. The van der Waals surface area contributed by atoms with Gasteiger partial charge in [0.2, 0.25) is 0 Å². The van der Waals surface area contributed by atoms with E-state index in [0.717, 1.165) is 31.7 Å². The lowest BCUT2D eigenvalue weighted by atomic mass is 10.1. The van der Waals surface area contributed by atoms with E-state index in [1.54, 1.807) is 0 Å². The van der Waals surface area contributed by atoms with E-state index in [1.807, 2.05) is 19.1 Å². The molecule has 3 heteroatoms. The molecule has 0 radical (unpaired) electrons. The van der Waals surface area contributed by atoms with Crippen molar-refractivity contribution in [3.05, 3.63) is 24.3 Å².